The van der Waals surface area contributed by atoms with Crippen LogP contribution >= 0.6 is 0 Å². The van der Waals surface area contributed by atoms with Crippen LogP contribution in [0.2, 0.25) is 0 Å². The van der Waals surface area contributed by atoms with Crippen LogP contribution in [-0.2, 0) is 11.3 Å². The minimum atomic E-state index is 0.330. The fourth-order valence-corrected chi connectivity index (χ4v) is 2.70. The molecule has 1 saturated heterocycles. The van der Waals surface area contributed by atoms with Crippen LogP contribution in [0.3, 0.4) is 0 Å². The monoisotopic (exact) mass is 291 g/mol. The summed E-state index contributed by atoms with van der Waals surface area (Å²) in [5.41, 5.74) is 0.869. The zero-order valence-electron chi connectivity index (χ0n) is 12.8. The highest BCUT2D eigenvalue weighted by molar-refractivity contribution is 5.55. The second kappa shape index (κ2) is 5.99. The molecule has 0 radical (unpaired) electrons. The lowest BCUT2D eigenvalue weighted by atomic mass is 10.2. The highest BCUT2D eigenvalue weighted by atomic mass is 16.5. The third-order valence-corrected chi connectivity index (χ3v) is 3.68. The van der Waals surface area contributed by atoms with Crippen LogP contribution in [0.4, 0.5) is 0 Å². The average molecular weight is 291 g/mol. The summed E-state index contributed by atoms with van der Waals surface area (Å²) in [6.07, 6.45) is 2.62. The summed E-state index contributed by atoms with van der Waals surface area (Å²) in [6.45, 7) is 6.20. The Morgan fingerprint density at radius 3 is 2.81 bits per heavy atom. The summed E-state index contributed by atoms with van der Waals surface area (Å²) >= 11 is 0. The highest BCUT2D eigenvalue weighted by Crippen LogP contribution is 2.25. The van der Waals surface area contributed by atoms with Crippen molar-refractivity contribution >= 4 is 0 Å². The van der Waals surface area contributed by atoms with E-state index in [-0.39, 0.29) is 0 Å². The minimum Gasteiger partial charge on any atom is -0.466 e. The normalized spacial score (nSPS) is 18.8. The quantitative estimate of drug-likeness (QED) is 0.843. The highest BCUT2D eigenvalue weighted by Gasteiger charge is 2.19. The van der Waals surface area contributed by atoms with Gasteiger partial charge in [-0.2, -0.15) is 0 Å². The van der Waals surface area contributed by atoms with Crippen molar-refractivity contribution in [2.45, 2.75) is 39.3 Å². The molecule has 0 unspecified atom stereocenters. The van der Waals surface area contributed by atoms with Gasteiger partial charge in [0.2, 0.25) is 5.89 Å². The summed E-state index contributed by atoms with van der Waals surface area (Å²) in [7, 11) is 2.04. The molecule has 0 bridgehead atoms. The topological polar surface area (TPSA) is 64.5 Å². The number of rotatable bonds is 5. The largest absolute Gasteiger partial charge is 0.466 e. The number of aromatic nitrogens is 2. The van der Waals surface area contributed by atoms with E-state index in [4.69, 9.17) is 13.6 Å². The van der Waals surface area contributed by atoms with E-state index in [1.807, 2.05) is 27.0 Å². The molecular formula is C15H21N3O3. The predicted molar refractivity (Wildman–Crippen MR) is 76.8 cm³/mol. The van der Waals surface area contributed by atoms with Crippen LogP contribution < -0.4 is 0 Å². The molecule has 114 valence electrons. The lowest BCUT2D eigenvalue weighted by Gasteiger charge is -2.18. The number of likely N-dealkylation sites (N-methyl/N-ethyl adjacent to an activating group) is 1. The maximum atomic E-state index is 5.73. The zero-order valence-corrected chi connectivity index (χ0v) is 12.8. The SMILES string of the molecule is Cc1cc(-c2nnc(CN(C)C[C@H]3CCCO3)o2)c(C)o1. The van der Waals surface area contributed by atoms with E-state index >= 15 is 0 Å². The van der Waals surface area contributed by atoms with Crippen molar-refractivity contribution in [1.82, 2.24) is 15.1 Å². The van der Waals surface area contributed by atoms with Crippen molar-refractivity contribution in [2.75, 3.05) is 20.2 Å². The second-order valence-corrected chi connectivity index (χ2v) is 5.66. The first kappa shape index (κ1) is 14.3. The van der Waals surface area contributed by atoms with E-state index in [0.717, 1.165) is 43.1 Å². The first-order valence-corrected chi connectivity index (χ1v) is 7.32. The van der Waals surface area contributed by atoms with Crippen LogP contribution in [0, 0.1) is 13.8 Å². The molecule has 2 aromatic heterocycles. The number of hydrogen-bond acceptors (Lipinski definition) is 6. The second-order valence-electron chi connectivity index (χ2n) is 5.66. The molecule has 0 aromatic carbocycles. The molecule has 0 spiro atoms. The summed E-state index contributed by atoms with van der Waals surface area (Å²) in [4.78, 5) is 2.15. The predicted octanol–water partition coefficient (Wildman–Crippen LogP) is 2.56. The third-order valence-electron chi connectivity index (χ3n) is 3.68. The lowest BCUT2D eigenvalue weighted by Crippen LogP contribution is -2.28. The molecule has 0 amide bonds. The molecule has 2 aromatic rings. The van der Waals surface area contributed by atoms with E-state index in [0.29, 0.717) is 24.4 Å². The minimum absolute atomic E-state index is 0.330. The van der Waals surface area contributed by atoms with Gasteiger partial charge in [0, 0.05) is 13.2 Å². The van der Waals surface area contributed by atoms with Gasteiger partial charge in [-0.1, -0.05) is 0 Å². The van der Waals surface area contributed by atoms with Gasteiger partial charge in [-0.05, 0) is 39.8 Å². The van der Waals surface area contributed by atoms with Gasteiger partial charge < -0.3 is 13.6 Å². The Morgan fingerprint density at radius 2 is 2.14 bits per heavy atom. The van der Waals surface area contributed by atoms with Crippen LogP contribution in [0.1, 0.15) is 30.3 Å². The Morgan fingerprint density at radius 1 is 1.29 bits per heavy atom. The van der Waals surface area contributed by atoms with E-state index in [1.165, 1.54) is 0 Å². The van der Waals surface area contributed by atoms with E-state index in [1.54, 1.807) is 0 Å². The Labute approximate surface area is 124 Å². The van der Waals surface area contributed by atoms with Crippen molar-refractivity contribution in [3.05, 3.63) is 23.5 Å². The van der Waals surface area contributed by atoms with E-state index < -0.39 is 0 Å². The molecule has 6 heteroatoms. The first-order chi connectivity index (χ1) is 10.1. The molecular weight excluding hydrogens is 270 g/mol. The van der Waals surface area contributed by atoms with Gasteiger partial charge in [0.1, 0.15) is 11.5 Å². The Hall–Kier alpha value is -1.66. The van der Waals surface area contributed by atoms with E-state index in [9.17, 15) is 0 Å². The molecule has 1 fully saturated rings. The smallest absolute Gasteiger partial charge is 0.251 e. The van der Waals surface area contributed by atoms with Crippen LogP contribution in [0.25, 0.3) is 11.5 Å². The van der Waals surface area contributed by atoms with Gasteiger partial charge >= 0.3 is 0 Å². The van der Waals surface area contributed by atoms with Gasteiger partial charge in [-0.3, -0.25) is 4.90 Å². The van der Waals surface area contributed by atoms with Gasteiger partial charge in [-0.15, -0.1) is 10.2 Å². The Bertz CT molecular complexity index is 599. The van der Waals surface area contributed by atoms with Crippen molar-refractivity contribution < 1.29 is 13.6 Å². The molecule has 0 aliphatic carbocycles. The molecule has 3 rings (SSSR count). The van der Waals surface area contributed by atoms with Crippen LogP contribution in [0.15, 0.2) is 14.9 Å². The van der Waals surface area contributed by atoms with Crippen molar-refractivity contribution in [3.63, 3.8) is 0 Å². The molecule has 6 nitrogen and oxygen atoms in total. The number of ether oxygens (including phenoxy) is 1. The number of hydrogen-bond donors (Lipinski definition) is 0. The summed E-state index contributed by atoms with van der Waals surface area (Å²) in [5, 5.41) is 8.23. The van der Waals surface area contributed by atoms with Gasteiger partial charge in [0.25, 0.3) is 5.89 Å². The maximum Gasteiger partial charge on any atom is 0.251 e. The number of nitrogens with zero attached hydrogens (tertiary/aromatic N) is 3. The Balaban J connectivity index is 1.63. The Kier molecular flexibility index (Phi) is 4.07. The first-order valence-electron chi connectivity index (χ1n) is 7.32. The summed E-state index contributed by atoms with van der Waals surface area (Å²) in [6, 6.07) is 1.92. The molecule has 1 atom stereocenters. The van der Waals surface area contributed by atoms with Crippen molar-refractivity contribution in [3.8, 4) is 11.5 Å². The molecule has 1 aliphatic heterocycles. The zero-order chi connectivity index (χ0) is 14.8. The fraction of sp³-hybridized carbons (Fsp3) is 0.600. The fourth-order valence-electron chi connectivity index (χ4n) is 2.70. The summed E-state index contributed by atoms with van der Waals surface area (Å²) in [5.74, 6) is 2.78. The van der Waals surface area contributed by atoms with Crippen LogP contribution in [-0.4, -0.2) is 41.4 Å². The van der Waals surface area contributed by atoms with Gasteiger partial charge in [0.05, 0.1) is 18.2 Å². The number of aryl methyl sites for hydroxylation is 2. The maximum absolute atomic E-state index is 5.73. The average Bonchev–Trinajstić information content (AvgIpc) is 3.12. The van der Waals surface area contributed by atoms with Crippen molar-refractivity contribution in [2.24, 2.45) is 0 Å². The van der Waals surface area contributed by atoms with Gasteiger partial charge in [-0.25, -0.2) is 0 Å². The molecule has 0 saturated carbocycles. The molecule has 3 heterocycles. The van der Waals surface area contributed by atoms with E-state index in [2.05, 4.69) is 15.1 Å². The lowest BCUT2D eigenvalue weighted by molar-refractivity contribution is 0.0770. The molecule has 1 aliphatic rings. The van der Waals surface area contributed by atoms with Crippen LogP contribution in [0.5, 0.6) is 0 Å². The standard InChI is InChI=1S/C15H21N3O3/c1-10-7-13(11(2)20-10)15-17-16-14(21-15)9-18(3)8-12-5-4-6-19-12/h7,12H,4-6,8-9H2,1-3H3/t12-/m1/s1. The number of furan rings is 1. The third kappa shape index (κ3) is 3.33. The molecule has 0 N–H and O–H groups in total. The molecule has 21 heavy (non-hydrogen) atoms. The van der Waals surface area contributed by atoms with Crippen molar-refractivity contribution in [1.29, 1.82) is 0 Å². The summed E-state index contributed by atoms with van der Waals surface area (Å²) < 4.78 is 16.9. The van der Waals surface area contributed by atoms with Gasteiger partial charge in [0.15, 0.2) is 0 Å².